The molecule has 1 N–H and O–H groups in total. The Morgan fingerprint density at radius 3 is 2.22 bits per heavy atom. The van der Waals surface area contributed by atoms with E-state index in [2.05, 4.69) is 0 Å². The molecule has 0 unspecified atom stereocenters. The van der Waals surface area contributed by atoms with Gasteiger partial charge in [0.05, 0.1) is 0 Å². The van der Waals surface area contributed by atoms with E-state index in [1.54, 1.807) is 0 Å². The van der Waals surface area contributed by atoms with Crippen LogP contribution in [0.2, 0.25) is 0 Å². The van der Waals surface area contributed by atoms with E-state index < -0.39 is 12.5 Å². The van der Waals surface area contributed by atoms with E-state index in [4.69, 9.17) is 5.11 Å². The van der Waals surface area contributed by atoms with E-state index >= 15 is 0 Å². The predicted molar refractivity (Wildman–Crippen MR) is 27.1 cm³/mol. The molecule has 0 aromatic heterocycles. The largest absolute Gasteiger partial charge is 0.353 e. The molecule has 0 aromatic rings. The predicted octanol–water partition coefficient (Wildman–Crippen LogP) is 0.941. The number of Topliss-reactive ketones (excluding diaryl/α,β-unsaturated/α-hetero) is 1. The number of alkyl halides is 2. The zero-order valence-corrected chi connectivity index (χ0v) is 5.03. The molecule has 0 saturated carbocycles. The maximum absolute atomic E-state index is 11.5. The molecule has 0 saturated heterocycles. The molecule has 54 valence electrons. The summed E-state index contributed by atoms with van der Waals surface area (Å²) < 4.78 is 23.0. The van der Waals surface area contributed by atoms with Gasteiger partial charge in [-0.3, -0.25) is 0 Å². The summed E-state index contributed by atoms with van der Waals surface area (Å²) in [5, 5.41) is 7.78. The van der Waals surface area contributed by atoms with Gasteiger partial charge in [0.2, 0.25) is 0 Å². The molecule has 0 amide bonds. The van der Waals surface area contributed by atoms with Crippen molar-refractivity contribution in [2.24, 2.45) is 0 Å². The van der Waals surface area contributed by atoms with Gasteiger partial charge in [-0.05, 0) is 6.92 Å². The van der Waals surface area contributed by atoms with Crippen LogP contribution in [-0.4, -0.2) is 17.0 Å². The van der Waals surface area contributed by atoms with Gasteiger partial charge >= 0.3 is 6.11 Å². The summed E-state index contributed by atoms with van der Waals surface area (Å²) in [6.45, 7) is 1.20. The Bertz CT molecular complexity index is 106. The lowest BCUT2D eigenvalue weighted by Gasteiger charge is -2.04. The van der Waals surface area contributed by atoms with Crippen LogP contribution < -0.4 is 0 Å². The van der Waals surface area contributed by atoms with Crippen molar-refractivity contribution in [2.45, 2.75) is 25.9 Å². The molecular formula is C5H8F2O2. The number of carbonyl (C=O) groups excluding carboxylic acids is 1. The highest BCUT2D eigenvalue weighted by Crippen LogP contribution is 2.15. The third kappa shape index (κ3) is 7.49. The van der Waals surface area contributed by atoms with Crippen molar-refractivity contribution in [3.63, 3.8) is 0 Å². The first kappa shape index (κ1) is 8.49. The van der Waals surface area contributed by atoms with E-state index in [0.29, 0.717) is 0 Å². The summed E-state index contributed by atoms with van der Waals surface area (Å²) in [6.07, 6.45) is -4.74. The molecule has 0 atom stereocenters. The summed E-state index contributed by atoms with van der Waals surface area (Å²) in [7, 11) is 0. The van der Waals surface area contributed by atoms with Gasteiger partial charge in [-0.2, -0.15) is 8.78 Å². The number of ketones is 1. The Labute approximate surface area is 51.5 Å². The smallest absolute Gasteiger partial charge is 0.336 e. The average molecular weight is 138 g/mol. The van der Waals surface area contributed by atoms with E-state index in [9.17, 15) is 13.6 Å². The fraction of sp³-hybridized carbons (Fsp3) is 0.800. The van der Waals surface area contributed by atoms with Gasteiger partial charge in [-0.1, -0.05) is 0 Å². The fourth-order valence-corrected chi connectivity index (χ4v) is 0.326. The lowest BCUT2D eigenvalue weighted by Crippen LogP contribution is -2.15. The molecule has 4 heteroatoms. The zero-order valence-electron chi connectivity index (χ0n) is 5.03. The minimum absolute atomic E-state index is 0.274. The van der Waals surface area contributed by atoms with E-state index in [1.807, 2.05) is 0 Å². The minimum atomic E-state index is -3.69. The first-order chi connectivity index (χ1) is 3.92. The monoisotopic (exact) mass is 138 g/mol. The molecule has 0 aliphatic rings. The standard InChI is InChI=1S/C5H8F2O2/c1-4(8)2-3-5(6,7)9/h9H,2-3H2,1H3. The van der Waals surface area contributed by atoms with Gasteiger partial charge in [0.15, 0.2) is 0 Å². The summed E-state index contributed by atoms with van der Waals surface area (Å²) in [5.41, 5.74) is 0. The number of aliphatic hydroxyl groups is 1. The number of hydrogen-bond donors (Lipinski definition) is 1. The lowest BCUT2D eigenvalue weighted by molar-refractivity contribution is -0.203. The third-order valence-corrected chi connectivity index (χ3v) is 0.778. The van der Waals surface area contributed by atoms with Crippen LogP contribution in [0.3, 0.4) is 0 Å². The Morgan fingerprint density at radius 1 is 1.67 bits per heavy atom. The van der Waals surface area contributed by atoms with Crippen molar-refractivity contribution in [1.82, 2.24) is 0 Å². The number of hydrogen-bond acceptors (Lipinski definition) is 2. The summed E-state index contributed by atoms with van der Waals surface area (Å²) in [6, 6.07) is 0. The second-order valence-electron chi connectivity index (χ2n) is 1.87. The van der Waals surface area contributed by atoms with E-state index in [-0.39, 0.29) is 12.2 Å². The van der Waals surface area contributed by atoms with E-state index in [1.165, 1.54) is 6.92 Å². The topological polar surface area (TPSA) is 37.3 Å². The van der Waals surface area contributed by atoms with Crippen molar-refractivity contribution in [3.05, 3.63) is 0 Å². The average Bonchev–Trinajstić information content (AvgIpc) is 1.59. The van der Waals surface area contributed by atoms with Crippen LogP contribution in [0.1, 0.15) is 19.8 Å². The molecule has 9 heavy (non-hydrogen) atoms. The third-order valence-electron chi connectivity index (χ3n) is 0.778. The molecule has 0 aliphatic heterocycles. The first-order valence-electron chi connectivity index (χ1n) is 2.51. The zero-order chi connectivity index (χ0) is 7.49. The van der Waals surface area contributed by atoms with Crippen molar-refractivity contribution < 1.29 is 18.7 Å². The number of carbonyl (C=O) groups is 1. The molecule has 0 spiro atoms. The Hall–Kier alpha value is -0.510. The van der Waals surface area contributed by atoms with E-state index in [0.717, 1.165) is 0 Å². The maximum Gasteiger partial charge on any atom is 0.353 e. The SMILES string of the molecule is CC(=O)CCC(O)(F)F. The summed E-state index contributed by atoms with van der Waals surface area (Å²) in [4.78, 5) is 10.0. The second-order valence-corrected chi connectivity index (χ2v) is 1.87. The van der Waals surface area contributed by atoms with Gasteiger partial charge in [0.25, 0.3) is 0 Å². The molecule has 0 bridgehead atoms. The lowest BCUT2D eigenvalue weighted by atomic mass is 10.2. The Balaban J connectivity index is 3.39. The van der Waals surface area contributed by atoms with Gasteiger partial charge < -0.3 is 9.90 Å². The first-order valence-corrected chi connectivity index (χ1v) is 2.51. The van der Waals surface area contributed by atoms with Gasteiger partial charge in [-0.15, -0.1) is 0 Å². The molecule has 0 aliphatic carbocycles. The van der Waals surface area contributed by atoms with Crippen molar-refractivity contribution >= 4 is 5.78 Å². The molecule has 0 fully saturated rings. The van der Waals surface area contributed by atoms with Crippen LogP contribution in [-0.2, 0) is 4.79 Å². The van der Waals surface area contributed by atoms with Gasteiger partial charge in [0.1, 0.15) is 5.78 Å². The van der Waals surface area contributed by atoms with Crippen LogP contribution in [0, 0.1) is 0 Å². The highest BCUT2D eigenvalue weighted by atomic mass is 19.3. The van der Waals surface area contributed by atoms with Crippen LogP contribution in [0.25, 0.3) is 0 Å². The molecule has 0 radical (unpaired) electrons. The molecular weight excluding hydrogens is 130 g/mol. The minimum Gasteiger partial charge on any atom is -0.336 e. The number of halogens is 2. The highest BCUT2D eigenvalue weighted by Gasteiger charge is 2.23. The normalized spacial score (nSPS) is 11.6. The van der Waals surface area contributed by atoms with Crippen molar-refractivity contribution in [2.75, 3.05) is 0 Å². The summed E-state index contributed by atoms with van der Waals surface area (Å²) in [5.74, 6) is -0.344. The Morgan fingerprint density at radius 2 is 2.11 bits per heavy atom. The van der Waals surface area contributed by atoms with Gasteiger partial charge in [-0.25, -0.2) is 0 Å². The molecule has 0 aromatic carbocycles. The van der Waals surface area contributed by atoms with Crippen molar-refractivity contribution in [1.29, 1.82) is 0 Å². The van der Waals surface area contributed by atoms with Crippen LogP contribution in [0.5, 0.6) is 0 Å². The molecule has 0 rings (SSSR count). The maximum atomic E-state index is 11.5. The molecule has 2 nitrogen and oxygen atoms in total. The van der Waals surface area contributed by atoms with Gasteiger partial charge in [0, 0.05) is 12.8 Å². The molecule has 0 heterocycles. The van der Waals surface area contributed by atoms with Crippen LogP contribution in [0.15, 0.2) is 0 Å². The Kier molecular flexibility index (Phi) is 2.70. The fourth-order valence-electron chi connectivity index (χ4n) is 0.326. The quantitative estimate of drug-likeness (QED) is 0.630. The van der Waals surface area contributed by atoms with Crippen LogP contribution in [0.4, 0.5) is 8.78 Å². The second kappa shape index (κ2) is 2.87. The number of rotatable bonds is 3. The highest BCUT2D eigenvalue weighted by molar-refractivity contribution is 5.75. The summed E-state index contributed by atoms with van der Waals surface area (Å²) >= 11 is 0. The van der Waals surface area contributed by atoms with Crippen LogP contribution >= 0.6 is 0 Å². The van der Waals surface area contributed by atoms with Crippen molar-refractivity contribution in [3.8, 4) is 0 Å².